The van der Waals surface area contributed by atoms with E-state index >= 15 is 0 Å². The standard InChI is InChI=1S/C18H13ClN8O2/c1-10-15-18(28)26(9-22-27(15)8-21-10)7-13-23-16-17(24-13)25-14(6-20-16)29-12-4-2-3-11(19)5-12/h2-6,8-9H,7H2,1H3,(H,20,23,24,25). The van der Waals surface area contributed by atoms with E-state index in [0.29, 0.717) is 45.0 Å². The average Bonchev–Trinajstić information content (AvgIpc) is 3.27. The van der Waals surface area contributed by atoms with E-state index in [9.17, 15) is 4.79 Å². The Labute approximate surface area is 167 Å². The van der Waals surface area contributed by atoms with Gasteiger partial charge < -0.3 is 9.72 Å². The lowest BCUT2D eigenvalue weighted by atomic mass is 10.3. The normalized spacial score (nSPS) is 11.4. The number of aromatic nitrogens is 8. The largest absolute Gasteiger partial charge is 0.437 e. The van der Waals surface area contributed by atoms with Gasteiger partial charge in [-0.05, 0) is 25.1 Å². The molecule has 1 N–H and O–H groups in total. The smallest absolute Gasteiger partial charge is 0.280 e. The van der Waals surface area contributed by atoms with Crippen molar-refractivity contribution in [2.24, 2.45) is 0 Å². The number of hydrogen-bond donors (Lipinski definition) is 1. The van der Waals surface area contributed by atoms with Crippen molar-refractivity contribution in [2.75, 3.05) is 0 Å². The van der Waals surface area contributed by atoms with Crippen molar-refractivity contribution in [1.29, 1.82) is 0 Å². The quantitative estimate of drug-likeness (QED) is 0.485. The Balaban J connectivity index is 1.45. The van der Waals surface area contributed by atoms with Gasteiger partial charge in [-0.2, -0.15) is 10.1 Å². The van der Waals surface area contributed by atoms with Crippen LogP contribution in [-0.2, 0) is 6.54 Å². The first-order valence-corrected chi connectivity index (χ1v) is 8.99. The van der Waals surface area contributed by atoms with E-state index in [1.54, 1.807) is 31.2 Å². The molecule has 0 amide bonds. The summed E-state index contributed by atoms with van der Waals surface area (Å²) >= 11 is 5.97. The number of benzene rings is 1. The zero-order valence-corrected chi connectivity index (χ0v) is 15.8. The fourth-order valence-electron chi connectivity index (χ4n) is 2.95. The van der Waals surface area contributed by atoms with Crippen molar-refractivity contribution < 1.29 is 4.74 Å². The Morgan fingerprint density at radius 2 is 2.10 bits per heavy atom. The number of ether oxygens (including phenoxy) is 1. The average molecular weight is 409 g/mol. The van der Waals surface area contributed by atoms with E-state index in [4.69, 9.17) is 16.3 Å². The van der Waals surface area contributed by atoms with Gasteiger partial charge in [0.15, 0.2) is 16.8 Å². The van der Waals surface area contributed by atoms with Crippen molar-refractivity contribution >= 4 is 28.4 Å². The third-order valence-corrected chi connectivity index (χ3v) is 4.52. The summed E-state index contributed by atoms with van der Waals surface area (Å²) in [6.45, 7) is 1.95. The number of fused-ring (bicyclic) bond motifs is 2. The van der Waals surface area contributed by atoms with Crippen LogP contribution in [0.25, 0.3) is 16.8 Å². The SMILES string of the molecule is Cc1ncn2ncn(Cc3nc4ncc(Oc5cccc(Cl)c5)nc4[nH]3)c(=O)c12. The van der Waals surface area contributed by atoms with Crippen molar-refractivity contribution in [1.82, 2.24) is 39.1 Å². The van der Waals surface area contributed by atoms with Crippen LogP contribution in [0.3, 0.4) is 0 Å². The van der Waals surface area contributed by atoms with E-state index in [0.717, 1.165) is 0 Å². The number of aromatic amines is 1. The van der Waals surface area contributed by atoms with Gasteiger partial charge in [-0.15, -0.1) is 0 Å². The van der Waals surface area contributed by atoms with Gasteiger partial charge in [-0.1, -0.05) is 17.7 Å². The van der Waals surface area contributed by atoms with Gasteiger partial charge in [-0.25, -0.2) is 19.5 Å². The minimum atomic E-state index is -0.207. The predicted octanol–water partition coefficient (Wildman–Crippen LogP) is 2.36. The molecule has 0 saturated carbocycles. The summed E-state index contributed by atoms with van der Waals surface area (Å²) in [5.41, 5.74) is 1.70. The summed E-state index contributed by atoms with van der Waals surface area (Å²) in [7, 11) is 0. The molecule has 0 bridgehead atoms. The first-order chi connectivity index (χ1) is 14.1. The van der Waals surface area contributed by atoms with Crippen LogP contribution >= 0.6 is 11.6 Å². The van der Waals surface area contributed by atoms with Crippen molar-refractivity contribution in [2.45, 2.75) is 13.5 Å². The van der Waals surface area contributed by atoms with E-state index in [2.05, 4.69) is 30.0 Å². The Morgan fingerprint density at radius 1 is 1.21 bits per heavy atom. The van der Waals surface area contributed by atoms with Crippen LogP contribution in [0.2, 0.25) is 5.02 Å². The third-order valence-electron chi connectivity index (χ3n) is 4.28. The molecule has 4 aromatic heterocycles. The fraction of sp³-hybridized carbons (Fsp3) is 0.111. The first-order valence-electron chi connectivity index (χ1n) is 8.61. The molecule has 0 aliphatic heterocycles. The van der Waals surface area contributed by atoms with Crippen LogP contribution in [0.5, 0.6) is 11.6 Å². The molecule has 0 aliphatic rings. The highest BCUT2D eigenvalue weighted by atomic mass is 35.5. The van der Waals surface area contributed by atoms with E-state index < -0.39 is 0 Å². The molecule has 0 saturated heterocycles. The number of aryl methyl sites for hydroxylation is 1. The number of halogens is 1. The summed E-state index contributed by atoms with van der Waals surface area (Å²) < 4.78 is 8.59. The van der Waals surface area contributed by atoms with Crippen LogP contribution in [0.1, 0.15) is 11.5 Å². The molecular weight excluding hydrogens is 396 g/mol. The zero-order valence-electron chi connectivity index (χ0n) is 15.1. The molecule has 1 aromatic carbocycles. The lowest BCUT2D eigenvalue weighted by molar-refractivity contribution is 0.462. The predicted molar refractivity (Wildman–Crippen MR) is 104 cm³/mol. The maximum absolute atomic E-state index is 12.7. The van der Waals surface area contributed by atoms with Gasteiger partial charge in [0.1, 0.15) is 24.2 Å². The minimum Gasteiger partial charge on any atom is -0.437 e. The fourth-order valence-corrected chi connectivity index (χ4v) is 3.13. The van der Waals surface area contributed by atoms with Crippen molar-refractivity contribution in [3.8, 4) is 11.6 Å². The molecule has 0 unspecified atom stereocenters. The molecule has 4 heterocycles. The van der Waals surface area contributed by atoms with Crippen LogP contribution in [0.15, 0.2) is 47.9 Å². The van der Waals surface area contributed by atoms with E-state index in [1.807, 2.05) is 0 Å². The highest BCUT2D eigenvalue weighted by Gasteiger charge is 2.12. The molecule has 0 aliphatic carbocycles. The Morgan fingerprint density at radius 3 is 2.97 bits per heavy atom. The monoisotopic (exact) mass is 408 g/mol. The van der Waals surface area contributed by atoms with Crippen molar-refractivity contribution in [3.63, 3.8) is 0 Å². The number of imidazole rings is 2. The maximum atomic E-state index is 12.7. The minimum absolute atomic E-state index is 0.190. The second kappa shape index (κ2) is 6.67. The lowest BCUT2D eigenvalue weighted by Gasteiger charge is -2.03. The molecule has 0 radical (unpaired) electrons. The number of nitrogens with one attached hydrogen (secondary N) is 1. The molecule has 29 heavy (non-hydrogen) atoms. The van der Waals surface area contributed by atoms with Gasteiger partial charge >= 0.3 is 0 Å². The van der Waals surface area contributed by atoms with Crippen LogP contribution < -0.4 is 10.3 Å². The Kier molecular flexibility index (Phi) is 3.98. The topological polar surface area (TPSA) is 116 Å². The molecule has 144 valence electrons. The first kappa shape index (κ1) is 17.3. The summed E-state index contributed by atoms with van der Waals surface area (Å²) in [4.78, 5) is 32.9. The molecule has 5 aromatic rings. The Hall–Kier alpha value is -3.79. The molecule has 0 atom stereocenters. The van der Waals surface area contributed by atoms with Gasteiger partial charge in [0.05, 0.1) is 18.4 Å². The molecule has 0 fully saturated rings. The Bertz CT molecular complexity index is 1420. The van der Waals surface area contributed by atoms with Crippen LogP contribution in [0, 0.1) is 6.92 Å². The van der Waals surface area contributed by atoms with E-state index in [1.165, 1.54) is 27.9 Å². The summed E-state index contributed by atoms with van der Waals surface area (Å²) in [5, 5.41) is 4.75. The number of hydrogen-bond acceptors (Lipinski definition) is 7. The summed E-state index contributed by atoms with van der Waals surface area (Å²) in [6, 6.07) is 6.98. The van der Waals surface area contributed by atoms with Gasteiger partial charge in [0.25, 0.3) is 5.56 Å². The second-order valence-electron chi connectivity index (χ2n) is 6.31. The molecular formula is C18H13ClN8O2. The molecule has 10 nitrogen and oxygen atoms in total. The summed E-state index contributed by atoms with van der Waals surface area (Å²) in [6.07, 6.45) is 4.42. The molecule has 5 rings (SSSR count). The molecule has 11 heteroatoms. The highest BCUT2D eigenvalue weighted by Crippen LogP contribution is 2.23. The zero-order chi connectivity index (χ0) is 20.0. The second-order valence-corrected chi connectivity index (χ2v) is 6.75. The summed E-state index contributed by atoms with van der Waals surface area (Å²) in [5.74, 6) is 1.36. The highest BCUT2D eigenvalue weighted by molar-refractivity contribution is 6.30. The van der Waals surface area contributed by atoms with Crippen LogP contribution in [-0.4, -0.2) is 39.1 Å². The number of H-pyrrole nitrogens is 1. The maximum Gasteiger partial charge on any atom is 0.280 e. The van der Waals surface area contributed by atoms with Gasteiger partial charge in [0, 0.05) is 5.02 Å². The van der Waals surface area contributed by atoms with Gasteiger partial charge in [-0.3, -0.25) is 9.36 Å². The third kappa shape index (κ3) is 3.19. The number of rotatable bonds is 4. The lowest BCUT2D eigenvalue weighted by Crippen LogP contribution is -2.24. The van der Waals surface area contributed by atoms with E-state index in [-0.39, 0.29) is 12.1 Å². The van der Waals surface area contributed by atoms with Gasteiger partial charge in [0.2, 0.25) is 5.88 Å². The van der Waals surface area contributed by atoms with Crippen molar-refractivity contribution in [3.05, 3.63) is 70.0 Å². The van der Waals surface area contributed by atoms with Crippen LogP contribution in [0.4, 0.5) is 0 Å². The number of nitrogens with zero attached hydrogens (tertiary/aromatic N) is 7. The molecule has 0 spiro atoms.